The molecule has 3 atom stereocenters. The summed E-state index contributed by atoms with van der Waals surface area (Å²) in [6.45, 7) is 0.906. The maximum absolute atomic E-state index is 13.1. The van der Waals surface area contributed by atoms with Crippen molar-refractivity contribution < 1.29 is 43.7 Å². The Bertz CT molecular complexity index is 920. The first-order valence-electron chi connectivity index (χ1n) is 11.3. The Morgan fingerprint density at radius 2 is 1.91 bits per heavy atom. The number of likely N-dealkylation sites (tertiary alicyclic amines) is 1. The number of β-lactam (4-membered cyclic amide) rings is 1. The number of aliphatic carboxylic acids is 2. The number of carbonyl (C=O) groups is 5. The number of piperidine rings is 1. The van der Waals surface area contributed by atoms with Crippen LogP contribution in [0.3, 0.4) is 0 Å². The minimum atomic E-state index is -1.76. The van der Waals surface area contributed by atoms with E-state index in [1.54, 1.807) is 4.90 Å². The Hall–Kier alpha value is -2.84. The van der Waals surface area contributed by atoms with Crippen LogP contribution in [-0.4, -0.2) is 99.6 Å². The number of hydrogen-bond acceptors (Lipinski definition) is 9. The van der Waals surface area contributed by atoms with Crippen molar-refractivity contribution in [3.63, 3.8) is 0 Å². The highest BCUT2D eigenvalue weighted by Crippen LogP contribution is 2.46. The van der Waals surface area contributed by atoms with Crippen molar-refractivity contribution in [3.8, 4) is 0 Å². The fourth-order valence-corrected chi connectivity index (χ4v) is 5.67. The first kappa shape index (κ1) is 26.8. The van der Waals surface area contributed by atoms with Crippen molar-refractivity contribution in [2.75, 3.05) is 32.6 Å². The number of amides is 3. The largest absolute Gasteiger partial charge is 0.480 e. The Balaban J connectivity index is 1.66. The number of hydrogen-bond donors (Lipinski definition) is 4. The summed E-state index contributed by atoms with van der Waals surface area (Å²) < 4.78 is 10.7. The second kappa shape index (κ2) is 11.3. The van der Waals surface area contributed by atoms with Crippen LogP contribution in [0, 0.1) is 0 Å². The number of carbonyl (C=O) groups excluding carboxylic acids is 3. The standard InChI is InChI=1S/C21H30N4O9S/c1-33-21(23-14(26)7-5-6-13(22)16(27)28)18(31)25-15(17(29)30)12(11-35-19(21)25)10-34-20(32)24-8-3-2-4-9-24/h13,19H,2-11,22H2,1H3,(H,23,26)(H,27,28)(H,29,30)/t13?,19-,21-/m0/s1. The average Bonchev–Trinajstić information content (AvgIpc) is 2.85. The van der Waals surface area contributed by atoms with Crippen molar-refractivity contribution in [2.24, 2.45) is 5.73 Å². The molecule has 13 nitrogen and oxygen atoms in total. The predicted molar refractivity (Wildman–Crippen MR) is 122 cm³/mol. The molecule has 3 amide bonds. The first-order valence-corrected chi connectivity index (χ1v) is 12.3. The summed E-state index contributed by atoms with van der Waals surface area (Å²) in [5.74, 6) is -3.69. The van der Waals surface area contributed by atoms with Gasteiger partial charge < -0.3 is 35.6 Å². The number of nitrogens with one attached hydrogen (secondary N) is 1. The zero-order chi connectivity index (χ0) is 25.8. The zero-order valence-corrected chi connectivity index (χ0v) is 20.2. The van der Waals surface area contributed by atoms with Gasteiger partial charge in [0.2, 0.25) is 5.91 Å². The van der Waals surface area contributed by atoms with Gasteiger partial charge in [0.1, 0.15) is 23.7 Å². The van der Waals surface area contributed by atoms with Gasteiger partial charge in [-0.3, -0.25) is 19.3 Å². The number of carboxylic acids is 2. The maximum atomic E-state index is 13.1. The molecular formula is C21H30N4O9S. The molecule has 2 saturated heterocycles. The molecular weight excluding hydrogens is 484 g/mol. The van der Waals surface area contributed by atoms with Crippen LogP contribution in [0.15, 0.2) is 11.3 Å². The van der Waals surface area contributed by atoms with Gasteiger partial charge in [0, 0.05) is 37.9 Å². The van der Waals surface area contributed by atoms with E-state index in [1.807, 2.05) is 0 Å². The molecule has 14 heteroatoms. The SMILES string of the molecule is CO[C@@]1(NC(=O)CCCC(N)C(=O)O)C(=O)N2C(C(=O)O)=C(COC(=O)N3CCCCC3)CS[C@H]21. The lowest BCUT2D eigenvalue weighted by molar-refractivity contribution is -0.192. The molecule has 0 spiro atoms. The highest BCUT2D eigenvalue weighted by Gasteiger charge is 2.66. The first-order chi connectivity index (χ1) is 16.6. The Kier molecular flexibility index (Phi) is 8.61. The second-order valence-electron chi connectivity index (χ2n) is 8.52. The summed E-state index contributed by atoms with van der Waals surface area (Å²) in [5, 5.41) is 20.3. The van der Waals surface area contributed by atoms with Gasteiger partial charge in [0.05, 0.1) is 0 Å². The summed E-state index contributed by atoms with van der Waals surface area (Å²) in [6, 6.07) is -1.10. The van der Waals surface area contributed by atoms with Crippen molar-refractivity contribution >= 4 is 41.6 Å². The van der Waals surface area contributed by atoms with Gasteiger partial charge in [-0.25, -0.2) is 9.59 Å². The lowest BCUT2D eigenvalue weighted by Crippen LogP contribution is -2.80. The highest BCUT2D eigenvalue weighted by atomic mass is 32.2. The van der Waals surface area contributed by atoms with Crippen LogP contribution >= 0.6 is 11.8 Å². The van der Waals surface area contributed by atoms with Gasteiger partial charge in [0.15, 0.2) is 0 Å². The molecule has 0 radical (unpaired) electrons. The van der Waals surface area contributed by atoms with Crippen molar-refractivity contribution in [3.05, 3.63) is 11.3 Å². The van der Waals surface area contributed by atoms with E-state index in [0.717, 1.165) is 24.2 Å². The molecule has 0 aromatic rings. The number of rotatable bonds is 10. The monoisotopic (exact) mass is 514 g/mol. The van der Waals surface area contributed by atoms with Crippen LogP contribution in [0.4, 0.5) is 4.79 Å². The third kappa shape index (κ3) is 5.54. The average molecular weight is 515 g/mol. The molecule has 0 aromatic carbocycles. The van der Waals surface area contributed by atoms with E-state index in [-0.39, 0.29) is 42.9 Å². The van der Waals surface area contributed by atoms with E-state index in [0.29, 0.717) is 13.1 Å². The van der Waals surface area contributed by atoms with Crippen molar-refractivity contribution in [2.45, 2.75) is 55.7 Å². The minimum Gasteiger partial charge on any atom is -0.480 e. The summed E-state index contributed by atoms with van der Waals surface area (Å²) in [4.78, 5) is 63.3. The van der Waals surface area contributed by atoms with E-state index in [1.165, 1.54) is 18.9 Å². The molecule has 0 bridgehead atoms. The molecule has 35 heavy (non-hydrogen) atoms. The van der Waals surface area contributed by atoms with Gasteiger partial charge in [-0.05, 0) is 32.1 Å². The smallest absolute Gasteiger partial charge is 0.410 e. The highest BCUT2D eigenvalue weighted by molar-refractivity contribution is 8.00. The number of nitrogens with two attached hydrogens (primary N) is 1. The van der Waals surface area contributed by atoms with Crippen molar-refractivity contribution in [1.82, 2.24) is 15.1 Å². The summed E-state index contributed by atoms with van der Waals surface area (Å²) in [6.07, 6.45) is 2.46. The predicted octanol–water partition coefficient (Wildman–Crippen LogP) is -0.0962. The quantitative estimate of drug-likeness (QED) is 0.225. The van der Waals surface area contributed by atoms with E-state index in [2.05, 4.69) is 5.32 Å². The molecule has 5 N–H and O–H groups in total. The van der Waals surface area contributed by atoms with Gasteiger partial charge in [-0.1, -0.05) is 0 Å². The fourth-order valence-electron chi connectivity index (χ4n) is 4.25. The van der Waals surface area contributed by atoms with Crippen LogP contribution in [0.25, 0.3) is 0 Å². The molecule has 3 heterocycles. The van der Waals surface area contributed by atoms with E-state index in [9.17, 15) is 29.1 Å². The second-order valence-corrected chi connectivity index (χ2v) is 9.59. The number of carboxylic acid groups (broad SMARTS) is 2. The van der Waals surface area contributed by atoms with E-state index in [4.69, 9.17) is 20.3 Å². The van der Waals surface area contributed by atoms with Crippen LogP contribution < -0.4 is 11.1 Å². The molecule has 194 valence electrons. The number of thioether (sulfide) groups is 1. The number of fused-ring (bicyclic) bond motifs is 1. The lowest BCUT2D eigenvalue weighted by Gasteiger charge is -2.55. The summed E-state index contributed by atoms with van der Waals surface area (Å²) in [5.41, 5.74) is 3.66. The Morgan fingerprint density at radius 1 is 1.23 bits per heavy atom. The van der Waals surface area contributed by atoms with Crippen molar-refractivity contribution in [1.29, 1.82) is 0 Å². The number of nitrogens with zero attached hydrogens (tertiary/aromatic N) is 2. The van der Waals surface area contributed by atoms with Crippen LogP contribution in [0.2, 0.25) is 0 Å². The fraction of sp³-hybridized carbons (Fsp3) is 0.667. The topological polar surface area (TPSA) is 189 Å². The summed E-state index contributed by atoms with van der Waals surface area (Å²) in [7, 11) is 1.23. The molecule has 3 rings (SSSR count). The molecule has 0 aliphatic carbocycles. The maximum Gasteiger partial charge on any atom is 0.410 e. The van der Waals surface area contributed by atoms with Gasteiger partial charge >= 0.3 is 18.0 Å². The lowest BCUT2D eigenvalue weighted by atomic mass is 9.97. The van der Waals surface area contributed by atoms with Crippen LogP contribution in [0.1, 0.15) is 38.5 Å². The minimum absolute atomic E-state index is 0.0758. The molecule has 3 aliphatic rings. The molecule has 2 fully saturated rings. The molecule has 0 saturated carbocycles. The number of methoxy groups -OCH3 is 1. The van der Waals surface area contributed by atoms with E-state index < -0.39 is 47.0 Å². The Labute approximate surface area is 205 Å². The number of ether oxygens (including phenoxy) is 2. The zero-order valence-electron chi connectivity index (χ0n) is 19.4. The molecule has 0 aromatic heterocycles. The summed E-state index contributed by atoms with van der Waals surface area (Å²) >= 11 is 1.18. The van der Waals surface area contributed by atoms with Crippen LogP contribution in [0.5, 0.6) is 0 Å². The van der Waals surface area contributed by atoms with E-state index >= 15 is 0 Å². The third-order valence-electron chi connectivity index (χ3n) is 6.18. The van der Waals surface area contributed by atoms with Crippen LogP contribution in [-0.2, 0) is 28.7 Å². The van der Waals surface area contributed by atoms with Gasteiger partial charge in [-0.2, -0.15) is 0 Å². The van der Waals surface area contributed by atoms with Gasteiger partial charge in [-0.15, -0.1) is 11.8 Å². The Morgan fingerprint density at radius 3 is 2.51 bits per heavy atom. The molecule has 1 unspecified atom stereocenters. The normalized spacial score (nSPS) is 24.9. The molecule has 3 aliphatic heterocycles. The third-order valence-corrected chi connectivity index (χ3v) is 7.55. The van der Waals surface area contributed by atoms with Gasteiger partial charge in [0.25, 0.3) is 11.6 Å².